The van der Waals surface area contributed by atoms with Gasteiger partial charge in [0.25, 0.3) is 0 Å². The van der Waals surface area contributed by atoms with Gasteiger partial charge in [-0.1, -0.05) is 12.2 Å². The Bertz CT molecular complexity index is 390. The molecular formula is C11H18N2O4S. The molecule has 0 aliphatic rings. The van der Waals surface area contributed by atoms with E-state index < -0.39 is 23.0 Å². The van der Waals surface area contributed by atoms with Crippen molar-refractivity contribution in [2.45, 2.75) is 12.8 Å². The molecule has 0 spiro atoms. The fraction of sp³-hybridized carbons (Fsp3) is 0.545. The highest BCUT2D eigenvalue weighted by atomic mass is 32.3. The summed E-state index contributed by atoms with van der Waals surface area (Å²) in [6, 6.07) is 2.01. The van der Waals surface area contributed by atoms with Crippen LogP contribution in [0.4, 0.5) is 0 Å². The predicted molar refractivity (Wildman–Crippen MR) is 67.2 cm³/mol. The molecule has 0 aliphatic carbocycles. The van der Waals surface area contributed by atoms with E-state index >= 15 is 0 Å². The van der Waals surface area contributed by atoms with Gasteiger partial charge < -0.3 is 5.73 Å². The number of hydrogen-bond donors (Lipinski definition) is 1. The number of allylic oxidation sites excluding steroid dienone is 2. The van der Waals surface area contributed by atoms with Crippen molar-refractivity contribution in [2.24, 2.45) is 17.6 Å². The third kappa shape index (κ3) is 6.51. The van der Waals surface area contributed by atoms with Crippen LogP contribution in [0.5, 0.6) is 0 Å². The number of hydrogen-bond acceptors (Lipinski definition) is 6. The zero-order valence-electron chi connectivity index (χ0n) is 10.1. The first kappa shape index (κ1) is 16.8. The van der Waals surface area contributed by atoms with Gasteiger partial charge in [-0.25, -0.2) is 8.37 Å². The van der Waals surface area contributed by atoms with Crippen molar-refractivity contribution in [2.75, 3.05) is 13.3 Å². The minimum absolute atomic E-state index is 0.0851. The van der Waals surface area contributed by atoms with Crippen molar-refractivity contribution in [1.82, 2.24) is 0 Å². The largest absolute Gasteiger partial charge is 0.401 e. The lowest BCUT2D eigenvalue weighted by Gasteiger charge is -2.18. The Morgan fingerprint density at radius 1 is 1.28 bits per heavy atom. The van der Waals surface area contributed by atoms with Gasteiger partial charge in [0.1, 0.15) is 6.73 Å². The fourth-order valence-corrected chi connectivity index (χ4v) is 1.95. The van der Waals surface area contributed by atoms with E-state index in [1.165, 1.54) is 0 Å². The molecule has 2 N–H and O–H groups in total. The van der Waals surface area contributed by atoms with Crippen LogP contribution in [0, 0.1) is 23.2 Å². The highest BCUT2D eigenvalue weighted by Gasteiger charge is 2.22. The van der Waals surface area contributed by atoms with Crippen molar-refractivity contribution in [3.63, 3.8) is 0 Å². The second kappa shape index (κ2) is 8.83. The molecule has 0 aromatic carbocycles. The Morgan fingerprint density at radius 3 is 2.22 bits per heavy atom. The summed E-state index contributed by atoms with van der Waals surface area (Å²) in [5.41, 5.74) is 4.94. The van der Waals surface area contributed by atoms with E-state index in [9.17, 15) is 8.42 Å². The topological polar surface area (TPSA) is 102 Å². The maximum atomic E-state index is 11.1. The normalized spacial score (nSPS) is 12.9. The molecule has 0 radical (unpaired) electrons. The van der Waals surface area contributed by atoms with Crippen molar-refractivity contribution in [3.05, 3.63) is 25.3 Å². The van der Waals surface area contributed by atoms with Gasteiger partial charge >= 0.3 is 10.4 Å². The second-order valence-corrected chi connectivity index (χ2v) is 4.81. The molecule has 0 saturated heterocycles. The smallest absolute Gasteiger partial charge is 0.307 e. The van der Waals surface area contributed by atoms with Crippen LogP contribution in [0.2, 0.25) is 0 Å². The van der Waals surface area contributed by atoms with Gasteiger partial charge in [0, 0.05) is 0 Å². The molecule has 1 atom stereocenters. The van der Waals surface area contributed by atoms with Gasteiger partial charge in [-0.05, 0) is 18.8 Å². The summed E-state index contributed by atoms with van der Waals surface area (Å²) < 4.78 is 31.0. The average Bonchev–Trinajstić information content (AvgIpc) is 2.30. The zero-order chi connectivity index (χ0) is 14.0. The van der Waals surface area contributed by atoms with E-state index in [4.69, 9.17) is 11.0 Å². The van der Waals surface area contributed by atoms with Gasteiger partial charge in [-0.3, -0.25) is 0 Å². The lowest BCUT2D eigenvalue weighted by atomic mass is 9.88. The molecule has 0 saturated carbocycles. The number of nitriles is 1. The Hall–Kier alpha value is -1.20. The van der Waals surface area contributed by atoms with E-state index in [0.717, 1.165) is 0 Å². The summed E-state index contributed by atoms with van der Waals surface area (Å²) in [5, 5.41) is 9.02. The molecule has 0 aromatic rings. The summed E-state index contributed by atoms with van der Waals surface area (Å²) in [4.78, 5) is 0. The number of rotatable bonds is 10. The molecule has 0 heterocycles. The van der Waals surface area contributed by atoms with E-state index in [2.05, 4.69) is 21.5 Å². The average molecular weight is 274 g/mol. The molecule has 18 heavy (non-hydrogen) atoms. The SMILES string of the molecule is C=CCC(CC=C)C(C#N)COS(=O)(=O)OCN. The van der Waals surface area contributed by atoms with Crippen LogP contribution in [0.15, 0.2) is 25.3 Å². The highest BCUT2D eigenvalue weighted by Crippen LogP contribution is 2.21. The molecule has 0 amide bonds. The van der Waals surface area contributed by atoms with E-state index in [1.54, 1.807) is 12.2 Å². The standard InChI is InChI=1S/C11H18N2O4S/c1-3-5-10(6-4-2)11(7-12)8-16-18(14,15)17-9-13/h3-4,10-11H,1-2,5-6,8-9,13H2. The van der Waals surface area contributed by atoms with E-state index in [0.29, 0.717) is 12.8 Å². The fourth-order valence-electron chi connectivity index (χ4n) is 1.41. The van der Waals surface area contributed by atoms with Crippen molar-refractivity contribution in [1.29, 1.82) is 5.26 Å². The minimum atomic E-state index is -4.13. The Morgan fingerprint density at radius 2 is 1.83 bits per heavy atom. The molecule has 0 bridgehead atoms. The molecule has 0 rings (SSSR count). The number of nitrogens with two attached hydrogens (primary N) is 1. The quantitative estimate of drug-likeness (QED) is 0.472. The molecule has 1 unspecified atom stereocenters. The summed E-state index contributed by atoms with van der Waals surface area (Å²) in [7, 11) is -4.13. The minimum Gasteiger partial charge on any atom is -0.307 e. The summed E-state index contributed by atoms with van der Waals surface area (Å²) in [6.07, 6.45) is 4.49. The second-order valence-electron chi connectivity index (χ2n) is 3.52. The van der Waals surface area contributed by atoms with Crippen LogP contribution in [-0.4, -0.2) is 21.8 Å². The van der Waals surface area contributed by atoms with Gasteiger partial charge in [-0.2, -0.15) is 13.7 Å². The van der Waals surface area contributed by atoms with Crippen LogP contribution in [-0.2, 0) is 18.8 Å². The lowest BCUT2D eigenvalue weighted by molar-refractivity contribution is 0.184. The van der Waals surface area contributed by atoms with Crippen LogP contribution in [0.25, 0.3) is 0 Å². The van der Waals surface area contributed by atoms with Crippen LogP contribution >= 0.6 is 0 Å². The zero-order valence-corrected chi connectivity index (χ0v) is 10.9. The molecule has 7 heteroatoms. The first-order chi connectivity index (χ1) is 8.50. The van der Waals surface area contributed by atoms with Crippen molar-refractivity contribution >= 4 is 10.4 Å². The monoisotopic (exact) mass is 274 g/mol. The maximum Gasteiger partial charge on any atom is 0.401 e. The molecule has 0 aliphatic heterocycles. The molecule has 6 nitrogen and oxygen atoms in total. The van der Waals surface area contributed by atoms with Crippen LogP contribution < -0.4 is 5.73 Å². The Balaban J connectivity index is 4.54. The van der Waals surface area contributed by atoms with Gasteiger partial charge in [-0.15, -0.1) is 13.2 Å². The molecule has 102 valence electrons. The lowest BCUT2D eigenvalue weighted by Crippen LogP contribution is -2.23. The molecule has 0 aromatic heterocycles. The summed E-state index contributed by atoms with van der Waals surface area (Å²) >= 11 is 0. The third-order valence-corrected chi connectivity index (χ3v) is 3.13. The number of nitrogens with zero attached hydrogens (tertiary/aromatic N) is 1. The van der Waals surface area contributed by atoms with E-state index in [1.807, 2.05) is 6.07 Å². The van der Waals surface area contributed by atoms with Crippen LogP contribution in [0.1, 0.15) is 12.8 Å². The summed E-state index contributed by atoms with van der Waals surface area (Å²) in [5.74, 6) is -0.671. The van der Waals surface area contributed by atoms with E-state index in [-0.39, 0.29) is 12.5 Å². The molecule has 0 fully saturated rings. The third-order valence-electron chi connectivity index (χ3n) is 2.28. The predicted octanol–water partition coefficient (Wildman–Crippen LogP) is 1.09. The first-order valence-corrected chi connectivity index (χ1v) is 6.69. The van der Waals surface area contributed by atoms with Gasteiger partial charge in [0.2, 0.25) is 0 Å². The van der Waals surface area contributed by atoms with Gasteiger partial charge in [0.05, 0.1) is 18.6 Å². The van der Waals surface area contributed by atoms with Crippen molar-refractivity contribution in [3.8, 4) is 6.07 Å². The molecular weight excluding hydrogens is 256 g/mol. The van der Waals surface area contributed by atoms with Crippen molar-refractivity contribution < 1.29 is 16.8 Å². The highest BCUT2D eigenvalue weighted by molar-refractivity contribution is 7.81. The van der Waals surface area contributed by atoms with Gasteiger partial charge in [0.15, 0.2) is 0 Å². The van der Waals surface area contributed by atoms with Crippen LogP contribution in [0.3, 0.4) is 0 Å². The Labute approximate surface area is 108 Å². The first-order valence-electron chi connectivity index (χ1n) is 5.36. The summed E-state index contributed by atoms with van der Waals surface area (Å²) in [6.45, 7) is 6.42. The maximum absolute atomic E-state index is 11.1. The Kier molecular flexibility index (Phi) is 8.24.